The summed E-state index contributed by atoms with van der Waals surface area (Å²) in [6.45, 7) is 6.76. The van der Waals surface area contributed by atoms with Gasteiger partial charge in [-0.1, -0.05) is 297 Å². The molecule has 0 fully saturated rings. The molecular weight excluding hydrogens is 797 g/mol. The van der Waals surface area contributed by atoms with Crippen molar-refractivity contribution >= 4 is 11.9 Å². The number of rotatable bonds is 51. The lowest BCUT2D eigenvalue weighted by Gasteiger charge is -2.06. The Morgan fingerprint density at radius 1 is 0.328 bits per heavy atom. The van der Waals surface area contributed by atoms with Crippen molar-refractivity contribution in [3.05, 3.63) is 0 Å². The summed E-state index contributed by atoms with van der Waals surface area (Å²) in [6, 6.07) is 0. The Balaban J connectivity index is -0.00000118. The smallest absolute Gasteiger partial charge is 0.305 e. The first-order chi connectivity index (χ1) is 31.4. The predicted octanol–water partition coefficient (Wildman–Crippen LogP) is 17.7. The number of carboxylic acid groups (broad SMARTS) is 1. The molecular formula is C57H116O7. The van der Waals surface area contributed by atoms with Crippen LogP contribution in [0.15, 0.2) is 0 Å². The lowest BCUT2D eigenvalue weighted by molar-refractivity contribution is -0.144. The van der Waals surface area contributed by atoms with Gasteiger partial charge in [0.15, 0.2) is 0 Å². The second kappa shape index (κ2) is 63.9. The van der Waals surface area contributed by atoms with Crippen molar-refractivity contribution in [2.75, 3.05) is 19.8 Å². The first-order valence-electron chi connectivity index (χ1n) is 28.7. The molecule has 4 N–H and O–H groups in total. The first kappa shape index (κ1) is 67.1. The number of aliphatic hydroxyl groups is 3. The standard InChI is InChI=1S/C36H72O2.C18H36O2.C3H8O3/c1-3-5-7-9-11-13-15-17-19-21-23-25-27-29-31-33-35-38-36(37)34-32-30-28-26-24-22-20-18-16-14-12-10-8-6-4-2;1-2-3-4-5-6-7-8-9-10-11-12-13-14-15-16-17-18(19)20;4-1-3(6)2-5/h3-35H2,1-2H3;2-17H2,1H3,(H,19,20);3-6H,1-2H2. The van der Waals surface area contributed by atoms with Crippen LogP contribution in [0.3, 0.4) is 0 Å². The molecule has 0 unspecified atom stereocenters. The largest absolute Gasteiger partial charge is 0.481 e. The molecule has 0 heterocycles. The average Bonchev–Trinajstić information content (AvgIpc) is 3.30. The van der Waals surface area contributed by atoms with Crippen LogP contribution in [0.2, 0.25) is 0 Å². The van der Waals surface area contributed by atoms with Crippen LogP contribution in [0.1, 0.15) is 329 Å². The van der Waals surface area contributed by atoms with E-state index < -0.39 is 12.1 Å². The number of unbranched alkanes of at least 4 members (excludes halogenated alkanes) is 43. The van der Waals surface area contributed by atoms with E-state index in [0.717, 1.165) is 25.7 Å². The molecule has 0 aromatic heterocycles. The van der Waals surface area contributed by atoms with Crippen LogP contribution in [0.25, 0.3) is 0 Å². The minimum Gasteiger partial charge on any atom is -0.481 e. The molecule has 386 valence electrons. The molecule has 0 rings (SSSR count). The molecule has 0 aliphatic heterocycles. The van der Waals surface area contributed by atoms with Crippen molar-refractivity contribution < 1.29 is 34.8 Å². The molecule has 64 heavy (non-hydrogen) atoms. The highest BCUT2D eigenvalue weighted by molar-refractivity contribution is 5.69. The van der Waals surface area contributed by atoms with E-state index >= 15 is 0 Å². The highest BCUT2D eigenvalue weighted by atomic mass is 16.5. The fourth-order valence-electron chi connectivity index (χ4n) is 8.25. The number of hydrogen-bond acceptors (Lipinski definition) is 6. The molecule has 0 bridgehead atoms. The highest BCUT2D eigenvalue weighted by Crippen LogP contribution is 2.17. The van der Waals surface area contributed by atoms with E-state index in [4.69, 9.17) is 25.2 Å². The van der Waals surface area contributed by atoms with Crippen molar-refractivity contribution in [2.45, 2.75) is 335 Å². The summed E-state index contributed by atoms with van der Waals surface area (Å²) >= 11 is 0. The molecule has 0 amide bonds. The van der Waals surface area contributed by atoms with Gasteiger partial charge >= 0.3 is 11.9 Å². The SMILES string of the molecule is CCCCCCCCCCCCCCCCCC(=O)O.CCCCCCCCCCCCCCCCCCOC(=O)CCCCCCCCCCCCCCCCC.OCC(O)CO. The third-order valence-electron chi connectivity index (χ3n) is 12.7. The van der Waals surface area contributed by atoms with Crippen LogP contribution in [0, 0.1) is 0 Å². The van der Waals surface area contributed by atoms with Crippen LogP contribution in [0.5, 0.6) is 0 Å². The molecule has 7 heteroatoms. The van der Waals surface area contributed by atoms with Crippen LogP contribution >= 0.6 is 0 Å². The minimum atomic E-state index is -0.954. The van der Waals surface area contributed by atoms with Gasteiger partial charge in [-0.15, -0.1) is 0 Å². The lowest BCUT2D eigenvalue weighted by atomic mass is 10.0. The lowest BCUT2D eigenvalue weighted by Crippen LogP contribution is -2.15. The Kier molecular flexibility index (Phi) is 67.0. The third kappa shape index (κ3) is 69.8. The topological polar surface area (TPSA) is 124 Å². The highest BCUT2D eigenvalue weighted by Gasteiger charge is 2.03. The molecule has 0 saturated carbocycles. The van der Waals surface area contributed by atoms with E-state index in [1.165, 1.54) is 270 Å². The van der Waals surface area contributed by atoms with Crippen molar-refractivity contribution in [1.29, 1.82) is 0 Å². The monoisotopic (exact) mass is 913 g/mol. The Bertz CT molecular complexity index is 833. The van der Waals surface area contributed by atoms with Gasteiger partial charge in [0.05, 0.1) is 19.8 Å². The summed E-state index contributed by atoms with van der Waals surface area (Å²) in [7, 11) is 0. The van der Waals surface area contributed by atoms with E-state index in [1.54, 1.807) is 0 Å². The fraction of sp³-hybridized carbons (Fsp3) is 0.965. The van der Waals surface area contributed by atoms with Crippen molar-refractivity contribution in [1.82, 2.24) is 0 Å². The van der Waals surface area contributed by atoms with Crippen LogP contribution in [0.4, 0.5) is 0 Å². The van der Waals surface area contributed by atoms with Gasteiger partial charge < -0.3 is 25.2 Å². The van der Waals surface area contributed by atoms with Gasteiger partial charge in [-0.2, -0.15) is 0 Å². The predicted molar refractivity (Wildman–Crippen MR) is 277 cm³/mol. The summed E-state index contributed by atoms with van der Waals surface area (Å²) in [4.78, 5) is 22.2. The second-order valence-corrected chi connectivity index (χ2v) is 19.3. The number of hydrogen-bond donors (Lipinski definition) is 4. The van der Waals surface area contributed by atoms with Crippen LogP contribution in [-0.2, 0) is 14.3 Å². The van der Waals surface area contributed by atoms with Gasteiger partial charge in [0.2, 0.25) is 0 Å². The van der Waals surface area contributed by atoms with E-state index in [-0.39, 0.29) is 19.2 Å². The zero-order chi connectivity index (χ0) is 47.5. The van der Waals surface area contributed by atoms with Crippen LogP contribution in [-0.4, -0.2) is 58.3 Å². The Morgan fingerprint density at radius 3 is 0.734 bits per heavy atom. The second-order valence-electron chi connectivity index (χ2n) is 19.3. The summed E-state index contributed by atoms with van der Waals surface area (Å²) < 4.78 is 5.44. The number of carbonyl (C=O) groups is 2. The van der Waals surface area contributed by atoms with Crippen molar-refractivity contribution in [3.8, 4) is 0 Å². The van der Waals surface area contributed by atoms with Gasteiger partial charge in [-0.25, -0.2) is 0 Å². The molecule has 7 nitrogen and oxygen atoms in total. The average molecular weight is 914 g/mol. The number of ether oxygens (including phenoxy) is 1. The Hall–Kier alpha value is -1.18. The zero-order valence-electron chi connectivity index (χ0n) is 43.7. The third-order valence-corrected chi connectivity index (χ3v) is 12.7. The van der Waals surface area contributed by atoms with Crippen molar-refractivity contribution in [3.63, 3.8) is 0 Å². The van der Waals surface area contributed by atoms with Gasteiger partial charge in [-0.05, 0) is 19.3 Å². The molecule has 0 aromatic rings. The zero-order valence-corrected chi connectivity index (χ0v) is 43.7. The van der Waals surface area contributed by atoms with E-state index in [2.05, 4.69) is 20.8 Å². The number of aliphatic carboxylic acids is 1. The van der Waals surface area contributed by atoms with Gasteiger partial charge in [-0.3, -0.25) is 9.59 Å². The summed E-state index contributed by atoms with van der Waals surface area (Å²) in [6.07, 6.45) is 62.3. The number of carboxylic acids is 1. The first-order valence-corrected chi connectivity index (χ1v) is 28.7. The minimum absolute atomic E-state index is 0.0284. The summed E-state index contributed by atoms with van der Waals surface area (Å²) in [5.41, 5.74) is 0. The normalized spacial score (nSPS) is 11.0. The maximum absolute atomic E-state index is 11.9. The number of esters is 1. The van der Waals surface area contributed by atoms with Gasteiger partial charge in [0.1, 0.15) is 6.10 Å². The maximum Gasteiger partial charge on any atom is 0.305 e. The van der Waals surface area contributed by atoms with Crippen LogP contribution < -0.4 is 0 Å². The fourth-order valence-corrected chi connectivity index (χ4v) is 8.25. The Labute approximate surface area is 400 Å². The molecule has 0 saturated heterocycles. The van der Waals surface area contributed by atoms with Crippen molar-refractivity contribution in [2.24, 2.45) is 0 Å². The quantitative estimate of drug-likeness (QED) is 0.0354. The molecule has 0 radical (unpaired) electrons. The van der Waals surface area contributed by atoms with Gasteiger partial charge in [0.25, 0.3) is 0 Å². The molecule has 0 aromatic carbocycles. The number of carbonyl (C=O) groups excluding carboxylic acids is 1. The molecule has 0 aliphatic carbocycles. The Morgan fingerprint density at radius 2 is 0.531 bits per heavy atom. The van der Waals surface area contributed by atoms with E-state index in [9.17, 15) is 9.59 Å². The maximum atomic E-state index is 11.9. The van der Waals surface area contributed by atoms with E-state index in [1.807, 2.05) is 0 Å². The summed E-state index contributed by atoms with van der Waals surface area (Å²) in [5.74, 6) is -0.625. The van der Waals surface area contributed by atoms with Gasteiger partial charge in [0, 0.05) is 12.8 Å². The number of aliphatic hydroxyl groups excluding tert-OH is 3. The molecule has 0 aliphatic rings. The van der Waals surface area contributed by atoms with E-state index in [0.29, 0.717) is 19.4 Å². The summed E-state index contributed by atoms with van der Waals surface area (Å²) in [5, 5.41) is 32.5. The molecule has 0 atom stereocenters. The molecule has 0 spiro atoms.